The molecule has 3 rings (SSSR count). The van der Waals surface area contributed by atoms with Gasteiger partial charge in [0.2, 0.25) is 0 Å². The van der Waals surface area contributed by atoms with Crippen LogP contribution in [-0.2, 0) is 0 Å². The molecule has 2 aromatic heterocycles. The van der Waals surface area contributed by atoms with E-state index in [0.717, 1.165) is 16.0 Å². The van der Waals surface area contributed by atoms with Crippen LogP contribution in [-0.4, -0.2) is 10.8 Å². The van der Waals surface area contributed by atoms with Crippen LogP contribution in [0.25, 0.3) is 16.5 Å². The molecular weight excluding hydrogens is 297 g/mol. The van der Waals surface area contributed by atoms with Gasteiger partial charge < -0.3 is 0 Å². The van der Waals surface area contributed by atoms with E-state index in [1.165, 1.54) is 29.5 Å². The zero-order valence-corrected chi connectivity index (χ0v) is 12.4. The second kappa shape index (κ2) is 6.45. The van der Waals surface area contributed by atoms with E-state index in [9.17, 15) is 9.18 Å². The Morgan fingerprint density at radius 3 is 2.64 bits per heavy atom. The maximum atomic E-state index is 12.9. The number of carbonyl (C=O) groups excluding carboxylic acids is 1. The number of benzene rings is 1. The number of allylic oxidation sites excluding steroid dienone is 1. The van der Waals surface area contributed by atoms with Crippen LogP contribution in [0.4, 0.5) is 4.39 Å². The number of hydrogen-bond donors (Lipinski definition) is 0. The molecule has 3 aromatic rings. The molecule has 0 unspecified atom stereocenters. The number of carbonyl (C=O) groups is 1. The van der Waals surface area contributed by atoms with Crippen LogP contribution >= 0.6 is 11.3 Å². The van der Waals surface area contributed by atoms with E-state index >= 15 is 0 Å². The summed E-state index contributed by atoms with van der Waals surface area (Å²) in [4.78, 5) is 17.8. The van der Waals surface area contributed by atoms with Crippen molar-refractivity contribution in [3.8, 4) is 10.4 Å². The average Bonchev–Trinajstić information content (AvgIpc) is 3.04. The van der Waals surface area contributed by atoms with E-state index in [4.69, 9.17) is 0 Å². The Labute approximate surface area is 131 Å². The average molecular weight is 309 g/mol. The molecule has 22 heavy (non-hydrogen) atoms. The highest BCUT2D eigenvalue weighted by atomic mass is 32.1. The number of hydrogen-bond acceptors (Lipinski definition) is 3. The van der Waals surface area contributed by atoms with Gasteiger partial charge in [-0.3, -0.25) is 9.78 Å². The lowest BCUT2D eigenvalue weighted by atomic mass is 10.2. The lowest BCUT2D eigenvalue weighted by Crippen LogP contribution is -1.88. The highest BCUT2D eigenvalue weighted by Gasteiger charge is 2.08. The molecule has 1 aromatic carbocycles. The minimum absolute atomic E-state index is 0.0535. The third kappa shape index (κ3) is 3.35. The summed E-state index contributed by atoms with van der Waals surface area (Å²) in [5.41, 5.74) is 1.79. The van der Waals surface area contributed by atoms with E-state index in [1.54, 1.807) is 36.7 Å². The number of halogens is 1. The van der Waals surface area contributed by atoms with Gasteiger partial charge in [-0.05, 0) is 53.6 Å². The molecule has 0 aliphatic heterocycles. The van der Waals surface area contributed by atoms with E-state index < -0.39 is 0 Å². The summed E-state index contributed by atoms with van der Waals surface area (Å²) in [7, 11) is 0. The van der Waals surface area contributed by atoms with Gasteiger partial charge in [0.1, 0.15) is 5.82 Å². The number of rotatable bonds is 4. The smallest absolute Gasteiger partial charge is 0.195 e. The van der Waals surface area contributed by atoms with Gasteiger partial charge in [-0.2, -0.15) is 0 Å². The molecule has 0 saturated carbocycles. The normalized spacial score (nSPS) is 11.0. The van der Waals surface area contributed by atoms with Crippen molar-refractivity contribution in [1.29, 1.82) is 0 Å². The van der Waals surface area contributed by atoms with Crippen LogP contribution in [0, 0.1) is 5.82 Å². The molecule has 0 saturated heterocycles. The van der Waals surface area contributed by atoms with Crippen molar-refractivity contribution >= 4 is 23.2 Å². The quantitative estimate of drug-likeness (QED) is 0.509. The van der Waals surface area contributed by atoms with Crippen LogP contribution < -0.4 is 0 Å². The van der Waals surface area contributed by atoms with Gasteiger partial charge in [-0.15, -0.1) is 11.3 Å². The maximum Gasteiger partial charge on any atom is 0.195 e. The zero-order valence-electron chi connectivity index (χ0n) is 11.6. The molecule has 0 N–H and O–H groups in total. The Hall–Kier alpha value is -2.59. The van der Waals surface area contributed by atoms with Crippen LogP contribution in [0.2, 0.25) is 0 Å². The molecule has 0 atom stereocenters. The van der Waals surface area contributed by atoms with Crippen molar-refractivity contribution in [3.05, 3.63) is 83.3 Å². The standard InChI is InChI=1S/C18H12FNOS/c19-15-6-4-14(5-7-15)17-9-10-18(22-17)16(21)8-3-13-2-1-11-20-12-13/h1-12H/b8-3+. The Balaban J connectivity index is 1.77. The minimum atomic E-state index is -0.268. The third-order valence-corrected chi connectivity index (χ3v) is 4.24. The second-order valence-corrected chi connectivity index (χ2v) is 5.74. The first-order valence-electron chi connectivity index (χ1n) is 6.70. The Morgan fingerprint density at radius 2 is 1.91 bits per heavy atom. The number of ketones is 1. The third-order valence-electron chi connectivity index (χ3n) is 3.09. The fourth-order valence-electron chi connectivity index (χ4n) is 1.97. The molecule has 0 amide bonds. The number of aromatic nitrogens is 1. The van der Waals surface area contributed by atoms with Gasteiger partial charge >= 0.3 is 0 Å². The van der Waals surface area contributed by atoms with Crippen LogP contribution in [0.15, 0.2) is 67.0 Å². The Morgan fingerprint density at radius 1 is 1.09 bits per heavy atom. The van der Waals surface area contributed by atoms with Crippen molar-refractivity contribution in [1.82, 2.24) is 4.98 Å². The van der Waals surface area contributed by atoms with Gasteiger partial charge in [0.05, 0.1) is 4.88 Å². The largest absolute Gasteiger partial charge is 0.288 e. The predicted octanol–water partition coefficient (Wildman–Crippen LogP) is 4.85. The molecular formula is C18H12FNOS. The van der Waals surface area contributed by atoms with E-state index in [0.29, 0.717) is 4.88 Å². The lowest BCUT2D eigenvalue weighted by molar-refractivity contribution is 0.105. The predicted molar refractivity (Wildman–Crippen MR) is 87.3 cm³/mol. The van der Waals surface area contributed by atoms with Gasteiger partial charge in [0, 0.05) is 17.3 Å². The van der Waals surface area contributed by atoms with E-state index in [2.05, 4.69) is 4.98 Å². The van der Waals surface area contributed by atoms with Gasteiger partial charge in [-0.25, -0.2) is 4.39 Å². The molecule has 108 valence electrons. The molecule has 0 aliphatic rings. The zero-order chi connectivity index (χ0) is 15.4. The summed E-state index contributed by atoms with van der Waals surface area (Å²) < 4.78 is 12.9. The van der Waals surface area contributed by atoms with E-state index in [-0.39, 0.29) is 11.6 Å². The summed E-state index contributed by atoms with van der Waals surface area (Å²) in [5.74, 6) is -0.321. The van der Waals surface area contributed by atoms with Crippen LogP contribution in [0.3, 0.4) is 0 Å². The summed E-state index contributed by atoms with van der Waals surface area (Å²) in [5, 5.41) is 0. The Kier molecular flexibility index (Phi) is 4.21. The summed E-state index contributed by atoms with van der Waals surface area (Å²) in [6.45, 7) is 0. The van der Waals surface area contributed by atoms with Crippen molar-refractivity contribution in [2.75, 3.05) is 0 Å². The van der Waals surface area contributed by atoms with Crippen LogP contribution in [0.1, 0.15) is 15.2 Å². The molecule has 2 heterocycles. The van der Waals surface area contributed by atoms with Gasteiger partial charge in [0.15, 0.2) is 5.78 Å². The summed E-state index contributed by atoms with van der Waals surface area (Å²) in [6.07, 6.45) is 6.67. The molecule has 4 heteroatoms. The topological polar surface area (TPSA) is 30.0 Å². The summed E-state index contributed by atoms with van der Waals surface area (Å²) >= 11 is 1.40. The van der Waals surface area contributed by atoms with Gasteiger partial charge in [0.25, 0.3) is 0 Å². The monoisotopic (exact) mass is 309 g/mol. The van der Waals surface area contributed by atoms with Crippen molar-refractivity contribution in [2.45, 2.75) is 0 Å². The first-order valence-corrected chi connectivity index (χ1v) is 7.52. The summed E-state index contributed by atoms with van der Waals surface area (Å²) in [6, 6.07) is 13.6. The van der Waals surface area contributed by atoms with E-state index in [1.807, 2.05) is 18.2 Å². The van der Waals surface area contributed by atoms with Crippen LogP contribution in [0.5, 0.6) is 0 Å². The first kappa shape index (κ1) is 14.4. The molecule has 0 radical (unpaired) electrons. The fourth-order valence-corrected chi connectivity index (χ4v) is 2.90. The SMILES string of the molecule is O=C(/C=C/c1cccnc1)c1ccc(-c2ccc(F)cc2)s1. The second-order valence-electron chi connectivity index (χ2n) is 4.65. The number of nitrogens with zero attached hydrogens (tertiary/aromatic N) is 1. The molecule has 0 aliphatic carbocycles. The highest BCUT2D eigenvalue weighted by molar-refractivity contribution is 7.17. The molecule has 2 nitrogen and oxygen atoms in total. The number of pyridine rings is 1. The fraction of sp³-hybridized carbons (Fsp3) is 0. The van der Waals surface area contributed by atoms with Gasteiger partial charge in [-0.1, -0.05) is 18.2 Å². The number of thiophene rings is 1. The maximum absolute atomic E-state index is 12.9. The lowest BCUT2D eigenvalue weighted by Gasteiger charge is -1.96. The highest BCUT2D eigenvalue weighted by Crippen LogP contribution is 2.28. The van der Waals surface area contributed by atoms with Crippen molar-refractivity contribution in [2.24, 2.45) is 0 Å². The molecule has 0 bridgehead atoms. The van der Waals surface area contributed by atoms with Crippen molar-refractivity contribution in [3.63, 3.8) is 0 Å². The van der Waals surface area contributed by atoms with Crippen molar-refractivity contribution < 1.29 is 9.18 Å². The molecule has 0 spiro atoms. The Bertz CT molecular complexity index is 807. The molecule has 0 fully saturated rings. The first-order chi connectivity index (χ1) is 10.7. The minimum Gasteiger partial charge on any atom is -0.288 e.